The van der Waals surface area contributed by atoms with Crippen LogP contribution in [0.25, 0.3) is 11.4 Å². The van der Waals surface area contributed by atoms with E-state index in [1.807, 2.05) is 76.6 Å². The van der Waals surface area contributed by atoms with Crippen LogP contribution in [0, 0.1) is 0 Å². The quantitative estimate of drug-likeness (QED) is 0.255. The third kappa shape index (κ3) is 7.58. The number of nitrogens with zero attached hydrogens (tertiary/aromatic N) is 4. The maximum absolute atomic E-state index is 13.1. The Morgan fingerprint density at radius 2 is 1.79 bits per heavy atom. The van der Waals surface area contributed by atoms with Crippen molar-refractivity contribution in [2.24, 2.45) is 0 Å². The summed E-state index contributed by atoms with van der Waals surface area (Å²) in [7, 11) is 0. The molecule has 7 nitrogen and oxygen atoms in total. The number of hydrogen-bond donors (Lipinski definition) is 0. The van der Waals surface area contributed by atoms with Crippen molar-refractivity contribution >= 4 is 34.9 Å². The van der Waals surface area contributed by atoms with Crippen LogP contribution >= 0.6 is 23.1 Å². The molecule has 0 saturated carbocycles. The highest BCUT2D eigenvalue weighted by Crippen LogP contribution is 2.30. The van der Waals surface area contributed by atoms with E-state index < -0.39 is 11.7 Å². The van der Waals surface area contributed by atoms with Gasteiger partial charge in [-0.15, -0.1) is 10.2 Å². The zero-order valence-corrected chi connectivity index (χ0v) is 22.6. The van der Waals surface area contributed by atoms with Crippen LogP contribution in [0.15, 0.2) is 52.3 Å². The van der Waals surface area contributed by atoms with Gasteiger partial charge in [0.15, 0.2) is 5.82 Å². The molecule has 0 radical (unpaired) electrons. The standard InChI is InChI=1S/C25H34N4O3S2/c1-18(15-28(17-31-24(2,3)4)20-11-9-8-10-12-20)34-22-27-26-21(19-13-14-33-16-19)29(22)23(30)32-25(5,6)7/h8-14,16,18H,15,17H2,1-7H3. The molecule has 1 aromatic carbocycles. The first-order chi connectivity index (χ1) is 15.9. The first-order valence-corrected chi connectivity index (χ1v) is 13.1. The minimum Gasteiger partial charge on any atom is -0.443 e. The van der Waals surface area contributed by atoms with Gasteiger partial charge in [-0.25, -0.2) is 9.36 Å². The highest BCUT2D eigenvalue weighted by molar-refractivity contribution is 7.99. The Labute approximate surface area is 210 Å². The fraction of sp³-hybridized carbons (Fsp3) is 0.480. The van der Waals surface area contributed by atoms with Crippen LogP contribution in [0.3, 0.4) is 0 Å². The second kappa shape index (κ2) is 10.9. The van der Waals surface area contributed by atoms with Gasteiger partial charge in [0.2, 0.25) is 5.16 Å². The highest BCUT2D eigenvalue weighted by Gasteiger charge is 2.27. The van der Waals surface area contributed by atoms with Crippen molar-refractivity contribution in [3.63, 3.8) is 0 Å². The Kier molecular flexibility index (Phi) is 8.43. The van der Waals surface area contributed by atoms with Crippen LogP contribution in [0.2, 0.25) is 0 Å². The molecule has 0 aliphatic heterocycles. The Bertz CT molecular complexity index is 1050. The maximum Gasteiger partial charge on any atom is 0.422 e. The molecule has 3 aromatic rings. The number of carbonyl (C=O) groups excluding carboxylic acids is 1. The lowest BCUT2D eigenvalue weighted by molar-refractivity contribution is -0.00224. The molecule has 2 heterocycles. The number of benzene rings is 1. The van der Waals surface area contributed by atoms with Crippen molar-refractivity contribution < 1.29 is 14.3 Å². The number of carbonyl (C=O) groups is 1. The molecule has 1 unspecified atom stereocenters. The van der Waals surface area contributed by atoms with Gasteiger partial charge in [-0.2, -0.15) is 11.3 Å². The lowest BCUT2D eigenvalue weighted by Crippen LogP contribution is -2.36. The Morgan fingerprint density at radius 3 is 2.38 bits per heavy atom. The van der Waals surface area contributed by atoms with Gasteiger partial charge >= 0.3 is 6.09 Å². The molecule has 0 bridgehead atoms. The Hall–Kier alpha value is -2.36. The molecule has 0 fully saturated rings. The van der Waals surface area contributed by atoms with Gasteiger partial charge in [0.1, 0.15) is 12.3 Å². The third-order valence-electron chi connectivity index (χ3n) is 4.55. The molecule has 184 valence electrons. The van der Waals surface area contributed by atoms with E-state index >= 15 is 0 Å². The number of anilines is 1. The van der Waals surface area contributed by atoms with Gasteiger partial charge in [-0.3, -0.25) is 0 Å². The molecule has 3 rings (SSSR count). The molecule has 0 spiro atoms. The Morgan fingerprint density at radius 1 is 1.09 bits per heavy atom. The molecule has 34 heavy (non-hydrogen) atoms. The van der Waals surface area contributed by atoms with Crippen molar-refractivity contribution in [3.05, 3.63) is 47.2 Å². The zero-order chi connectivity index (χ0) is 24.9. The summed E-state index contributed by atoms with van der Waals surface area (Å²) in [5.41, 5.74) is 1.03. The molecular weight excluding hydrogens is 468 g/mol. The smallest absolute Gasteiger partial charge is 0.422 e. The third-order valence-corrected chi connectivity index (χ3v) is 6.26. The van der Waals surface area contributed by atoms with Gasteiger partial charge in [-0.05, 0) is 65.1 Å². The van der Waals surface area contributed by atoms with Gasteiger partial charge in [0.25, 0.3) is 0 Å². The summed E-state index contributed by atoms with van der Waals surface area (Å²) in [6.45, 7) is 14.9. The first kappa shape index (κ1) is 26.2. The van der Waals surface area contributed by atoms with Crippen LogP contribution in [0.1, 0.15) is 48.5 Å². The summed E-state index contributed by atoms with van der Waals surface area (Å²) in [5.74, 6) is 0.487. The molecule has 1 atom stereocenters. The summed E-state index contributed by atoms with van der Waals surface area (Å²) < 4.78 is 13.2. The van der Waals surface area contributed by atoms with Gasteiger partial charge in [0.05, 0.1) is 5.60 Å². The number of aromatic nitrogens is 3. The monoisotopic (exact) mass is 502 g/mol. The summed E-state index contributed by atoms with van der Waals surface area (Å²) in [6, 6.07) is 12.1. The summed E-state index contributed by atoms with van der Waals surface area (Å²) in [5, 5.41) is 13.2. The van der Waals surface area contributed by atoms with E-state index in [4.69, 9.17) is 9.47 Å². The van der Waals surface area contributed by atoms with Crippen molar-refractivity contribution in [3.8, 4) is 11.4 Å². The van der Waals surface area contributed by atoms with E-state index in [0.29, 0.717) is 24.3 Å². The summed E-state index contributed by atoms with van der Waals surface area (Å²) in [4.78, 5) is 15.3. The first-order valence-electron chi connectivity index (χ1n) is 11.2. The molecule has 9 heteroatoms. The topological polar surface area (TPSA) is 69.5 Å². The molecule has 0 amide bonds. The second-order valence-electron chi connectivity index (χ2n) is 10.0. The SMILES string of the molecule is CC(CN(COC(C)(C)C)c1ccccc1)Sc1nnc(-c2ccsc2)n1C(=O)OC(C)(C)C. The maximum atomic E-state index is 13.1. The molecule has 2 aromatic heterocycles. The molecule has 0 N–H and O–H groups in total. The summed E-state index contributed by atoms with van der Waals surface area (Å²) in [6.07, 6.45) is -0.482. The van der Waals surface area contributed by atoms with E-state index in [9.17, 15) is 4.79 Å². The number of hydrogen-bond acceptors (Lipinski definition) is 8. The van der Waals surface area contributed by atoms with Gasteiger partial charge in [-0.1, -0.05) is 36.9 Å². The van der Waals surface area contributed by atoms with E-state index in [2.05, 4.69) is 34.2 Å². The molecule has 0 aliphatic carbocycles. The number of thioether (sulfide) groups is 1. The second-order valence-corrected chi connectivity index (χ2v) is 12.2. The lowest BCUT2D eigenvalue weighted by atomic mass is 10.2. The van der Waals surface area contributed by atoms with Crippen molar-refractivity contribution in [2.75, 3.05) is 18.2 Å². The van der Waals surface area contributed by atoms with Gasteiger partial charge < -0.3 is 14.4 Å². The van der Waals surface area contributed by atoms with Crippen LogP contribution in [-0.4, -0.2) is 50.6 Å². The van der Waals surface area contributed by atoms with E-state index in [1.54, 1.807) is 11.3 Å². The molecular formula is C25H34N4O3S2. The molecule has 0 saturated heterocycles. The number of thiophene rings is 1. The van der Waals surface area contributed by atoms with Gasteiger partial charge in [0, 0.05) is 28.4 Å². The predicted octanol–water partition coefficient (Wildman–Crippen LogP) is 6.55. The average molecular weight is 503 g/mol. The minimum absolute atomic E-state index is 0.0875. The zero-order valence-electron chi connectivity index (χ0n) is 20.9. The fourth-order valence-electron chi connectivity index (χ4n) is 3.07. The summed E-state index contributed by atoms with van der Waals surface area (Å²) >= 11 is 3.04. The minimum atomic E-state index is -0.630. The normalized spacial score (nSPS) is 13.0. The van der Waals surface area contributed by atoms with Crippen molar-refractivity contribution in [1.82, 2.24) is 14.8 Å². The van der Waals surface area contributed by atoms with E-state index in [-0.39, 0.29) is 10.9 Å². The van der Waals surface area contributed by atoms with Crippen LogP contribution < -0.4 is 4.90 Å². The molecule has 0 aliphatic rings. The van der Waals surface area contributed by atoms with Crippen LogP contribution in [0.4, 0.5) is 10.5 Å². The Balaban J connectivity index is 1.83. The fourth-order valence-corrected chi connectivity index (χ4v) is 4.67. The predicted molar refractivity (Wildman–Crippen MR) is 140 cm³/mol. The van der Waals surface area contributed by atoms with Crippen LogP contribution in [-0.2, 0) is 9.47 Å². The lowest BCUT2D eigenvalue weighted by Gasteiger charge is -2.31. The van der Waals surface area contributed by atoms with Crippen molar-refractivity contribution in [2.45, 2.75) is 70.1 Å². The average Bonchev–Trinajstić information content (AvgIpc) is 3.39. The largest absolute Gasteiger partial charge is 0.443 e. The van der Waals surface area contributed by atoms with Crippen molar-refractivity contribution in [1.29, 1.82) is 0 Å². The highest BCUT2D eigenvalue weighted by atomic mass is 32.2. The van der Waals surface area contributed by atoms with Crippen LogP contribution in [0.5, 0.6) is 0 Å². The number of ether oxygens (including phenoxy) is 2. The van der Waals surface area contributed by atoms with E-state index in [0.717, 1.165) is 11.3 Å². The van der Waals surface area contributed by atoms with E-state index in [1.165, 1.54) is 16.3 Å². The number of rotatable bonds is 8. The number of para-hydroxylation sites is 1.